The van der Waals surface area contributed by atoms with Crippen LogP contribution in [0.4, 0.5) is 8.78 Å². The van der Waals surface area contributed by atoms with E-state index in [-0.39, 0.29) is 23.1 Å². The fourth-order valence-electron chi connectivity index (χ4n) is 3.63. The summed E-state index contributed by atoms with van der Waals surface area (Å²) in [6.07, 6.45) is 2.78. The van der Waals surface area contributed by atoms with E-state index in [2.05, 4.69) is 0 Å². The summed E-state index contributed by atoms with van der Waals surface area (Å²) in [7, 11) is 0. The minimum Gasteiger partial charge on any atom is -0.508 e. The monoisotopic (exact) mass is 359 g/mol. The number of likely N-dealkylation sites (tertiary alicyclic amines) is 1. The number of carbonyl (C=O) groups excluding carboxylic acids is 1. The van der Waals surface area contributed by atoms with Crippen molar-refractivity contribution in [3.8, 4) is 5.75 Å². The quantitative estimate of drug-likeness (QED) is 0.875. The molecule has 1 N–H and O–H groups in total. The number of nitrogens with zero attached hydrogens (tertiary/aromatic N) is 1. The number of piperidine rings is 1. The van der Waals surface area contributed by atoms with Crippen molar-refractivity contribution in [2.45, 2.75) is 32.6 Å². The molecule has 0 aromatic heterocycles. The molecule has 3 rings (SSSR count). The van der Waals surface area contributed by atoms with Gasteiger partial charge in [-0.1, -0.05) is 12.1 Å². The number of halogens is 2. The lowest BCUT2D eigenvalue weighted by Crippen LogP contribution is -2.40. The van der Waals surface area contributed by atoms with Gasteiger partial charge in [-0.15, -0.1) is 0 Å². The molecule has 26 heavy (non-hydrogen) atoms. The zero-order chi connectivity index (χ0) is 18.7. The van der Waals surface area contributed by atoms with E-state index in [9.17, 15) is 18.7 Å². The lowest BCUT2D eigenvalue weighted by Gasteiger charge is -2.33. The molecule has 1 saturated heterocycles. The van der Waals surface area contributed by atoms with Crippen molar-refractivity contribution >= 4 is 5.91 Å². The first-order valence-corrected chi connectivity index (χ1v) is 8.98. The van der Waals surface area contributed by atoms with Gasteiger partial charge in [0, 0.05) is 29.8 Å². The molecule has 1 amide bonds. The molecule has 1 fully saturated rings. The maximum absolute atomic E-state index is 13.8. The van der Waals surface area contributed by atoms with Crippen LogP contribution in [0, 0.1) is 24.5 Å². The Morgan fingerprint density at radius 1 is 1.19 bits per heavy atom. The van der Waals surface area contributed by atoms with E-state index in [0.29, 0.717) is 37.1 Å². The largest absolute Gasteiger partial charge is 0.508 e. The van der Waals surface area contributed by atoms with Crippen LogP contribution in [0.5, 0.6) is 5.75 Å². The van der Waals surface area contributed by atoms with Crippen LogP contribution >= 0.6 is 0 Å². The van der Waals surface area contributed by atoms with Gasteiger partial charge >= 0.3 is 0 Å². The summed E-state index contributed by atoms with van der Waals surface area (Å²) in [5.41, 5.74) is 1.21. The summed E-state index contributed by atoms with van der Waals surface area (Å²) < 4.78 is 27.6. The first-order valence-electron chi connectivity index (χ1n) is 8.98. The minimum absolute atomic E-state index is 0.0971. The summed E-state index contributed by atoms with van der Waals surface area (Å²) in [6.45, 7) is 2.97. The highest BCUT2D eigenvalue weighted by Crippen LogP contribution is 2.26. The number of phenols is 1. The van der Waals surface area contributed by atoms with Gasteiger partial charge in [-0.2, -0.15) is 0 Å². The van der Waals surface area contributed by atoms with Crippen molar-refractivity contribution in [3.63, 3.8) is 0 Å². The Kier molecular flexibility index (Phi) is 5.55. The van der Waals surface area contributed by atoms with Gasteiger partial charge in [0.2, 0.25) is 0 Å². The number of aromatic hydroxyl groups is 1. The second-order valence-electron chi connectivity index (χ2n) is 6.95. The van der Waals surface area contributed by atoms with Crippen LogP contribution in [-0.2, 0) is 6.42 Å². The Labute approximate surface area is 152 Å². The van der Waals surface area contributed by atoms with Crippen molar-refractivity contribution in [3.05, 3.63) is 64.7 Å². The van der Waals surface area contributed by atoms with Crippen molar-refractivity contribution in [2.75, 3.05) is 13.1 Å². The molecule has 3 nitrogen and oxygen atoms in total. The third-order valence-electron chi connectivity index (χ3n) is 5.21. The number of rotatable bonds is 4. The summed E-state index contributed by atoms with van der Waals surface area (Å²) in [5.74, 6) is -0.794. The van der Waals surface area contributed by atoms with Gasteiger partial charge in [0.05, 0.1) is 0 Å². The van der Waals surface area contributed by atoms with Crippen LogP contribution in [0.25, 0.3) is 0 Å². The van der Waals surface area contributed by atoms with Gasteiger partial charge in [0.15, 0.2) is 0 Å². The fraction of sp³-hybridized carbons (Fsp3) is 0.381. The summed E-state index contributed by atoms with van der Waals surface area (Å²) in [5, 5.41) is 9.82. The summed E-state index contributed by atoms with van der Waals surface area (Å²) >= 11 is 0. The molecule has 1 aliphatic rings. The van der Waals surface area contributed by atoms with Crippen LogP contribution in [0.3, 0.4) is 0 Å². The van der Waals surface area contributed by atoms with Gasteiger partial charge in [-0.05, 0) is 62.8 Å². The van der Waals surface area contributed by atoms with E-state index in [4.69, 9.17) is 0 Å². The average molecular weight is 359 g/mol. The Bertz CT molecular complexity index is 786. The van der Waals surface area contributed by atoms with Gasteiger partial charge in [-0.25, -0.2) is 8.78 Å². The molecule has 1 heterocycles. The lowest BCUT2D eigenvalue weighted by molar-refractivity contribution is 0.0667. The molecule has 2 aromatic carbocycles. The van der Waals surface area contributed by atoms with Crippen molar-refractivity contribution in [2.24, 2.45) is 5.92 Å². The van der Waals surface area contributed by atoms with E-state index in [1.54, 1.807) is 30.0 Å². The van der Waals surface area contributed by atoms with Crippen molar-refractivity contribution < 1.29 is 18.7 Å². The number of carbonyl (C=O) groups is 1. The molecule has 1 aliphatic heterocycles. The number of phenolic OH excluding ortho intramolecular Hbond substituents is 1. The van der Waals surface area contributed by atoms with E-state index >= 15 is 0 Å². The zero-order valence-corrected chi connectivity index (χ0v) is 14.8. The Balaban J connectivity index is 1.66. The zero-order valence-electron chi connectivity index (χ0n) is 14.8. The third kappa shape index (κ3) is 3.87. The predicted molar refractivity (Wildman–Crippen MR) is 96.2 cm³/mol. The van der Waals surface area contributed by atoms with Crippen LogP contribution in [0.2, 0.25) is 0 Å². The highest BCUT2D eigenvalue weighted by Gasteiger charge is 2.26. The maximum Gasteiger partial charge on any atom is 0.254 e. The van der Waals surface area contributed by atoms with Crippen LogP contribution in [0.1, 0.15) is 40.7 Å². The van der Waals surface area contributed by atoms with E-state index < -0.39 is 11.6 Å². The Hall–Kier alpha value is -2.43. The highest BCUT2D eigenvalue weighted by atomic mass is 19.1. The molecule has 2 aromatic rings. The van der Waals surface area contributed by atoms with Crippen LogP contribution < -0.4 is 0 Å². The summed E-state index contributed by atoms with van der Waals surface area (Å²) in [6, 6.07) is 8.87. The SMILES string of the molecule is Cc1c(O)cccc1C(=O)N1CCC[C@@H](CCc2c(F)cccc2F)C1. The topological polar surface area (TPSA) is 40.5 Å². The molecule has 5 heteroatoms. The third-order valence-corrected chi connectivity index (χ3v) is 5.21. The van der Waals surface area contributed by atoms with E-state index in [1.807, 2.05) is 0 Å². The number of amides is 1. The van der Waals surface area contributed by atoms with Gasteiger partial charge < -0.3 is 10.0 Å². The first kappa shape index (κ1) is 18.4. The molecule has 0 spiro atoms. The van der Waals surface area contributed by atoms with Gasteiger partial charge in [-0.3, -0.25) is 4.79 Å². The minimum atomic E-state index is -0.510. The normalized spacial score (nSPS) is 17.3. The molecule has 0 unspecified atom stereocenters. The molecule has 0 radical (unpaired) electrons. The number of benzene rings is 2. The Morgan fingerprint density at radius 2 is 1.88 bits per heavy atom. The second kappa shape index (κ2) is 7.85. The van der Waals surface area contributed by atoms with Crippen molar-refractivity contribution in [1.29, 1.82) is 0 Å². The first-order chi connectivity index (χ1) is 12.5. The molecule has 138 valence electrons. The van der Waals surface area contributed by atoms with Crippen LogP contribution in [-0.4, -0.2) is 29.0 Å². The molecular weight excluding hydrogens is 336 g/mol. The van der Waals surface area contributed by atoms with Crippen LogP contribution in [0.15, 0.2) is 36.4 Å². The molecular formula is C21H23F2NO2. The predicted octanol–water partition coefficient (Wildman–Crippen LogP) is 4.46. The smallest absolute Gasteiger partial charge is 0.254 e. The average Bonchev–Trinajstić information content (AvgIpc) is 2.63. The maximum atomic E-state index is 13.8. The highest BCUT2D eigenvalue weighted by molar-refractivity contribution is 5.96. The van der Waals surface area contributed by atoms with Gasteiger partial charge in [0.1, 0.15) is 17.4 Å². The molecule has 0 bridgehead atoms. The molecule has 1 atom stereocenters. The van der Waals surface area contributed by atoms with Gasteiger partial charge in [0.25, 0.3) is 5.91 Å². The second-order valence-corrected chi connectivity index (χ2v) is 6.95. The fourth-order valence-corrected chi connectivity index (χ4v) is 3.63. The lowest BCUT2D eigenvalue weighted by atomic mass is 9.91. The number of hydrogen-bond acceptors (Lipinski definition) is 2. The molecule has 0 saturated carbocycles. The van der Waals surface area contributed by atoms with E-state index in [1.165, 1.54) is 18.2 Å². The Morgan fingerprint density at radius 3 is 2.62 bits per heavy atom. The number of hydrogen-bond donors (Lipinski definition) is 1. The van der Waals surface area contributed by atoms with E-state index in [0.717, 1.165) is 12.8 Å². The molecule has 0 aliphatic carbocycles. The standard InChI is InChI=1S/C21H23F2NO2/c1-14-16(6-2-9-20(14)25)21(26)24-12-4-5-15(13-24)10-11-17-18(22)7-3-8-19(17)23/h2-3,6-9,15,25H,4-5,10-13H2,1H3/t15-/m0/s1. The summed E-state index contributed by atoms with van der Waals surface area (Å²) in [4.78, 5) is 14.6. The van der Waals surface area contributed by atoms with Crippen molar-refractivity contribution in [1.82, 2.24) is 4.90 Å².